The SMILES string of the molecule is CCNc1cc(C)nc(CN2CC(C)CCC2C)n1. The van der Waals surface area contributed by atoms with E-state index in [0.717, 1.165) is 42.9 Å². The van der Waals surface area contributed by atoms with Crippen LogP contribution in [0.25, 0.3) is 0 Å². The zero-order chi connectivity index (χ0) is 13.8. The third kappa shape index (κ3) is 3.90. The van der Waals surface area contributed by atoms with Crippen molar-refractivity contribution in [3.8, 4) is 0 Å². The summed E-state index contributed by atoms with van der Waals surface area (Å²) < 4.78 is 0. The van der Waals surface area contributed by atoms with E-state index in [0.29, 0.717) is 6.04 Å². The van der Waals surface area contributed by atoms with Crippen LogP contribution in [0.4, 0.5) is 5.82 Å². The first-order valence-electron chi connectivity index (χ1n) is 7.41. The summed E-state index contributed by atoms with van der Waals surface area (Å²) >= 11 is 0. The molecule has 0 amide bonds. The number of hydrogen-bond donors (Lipinski definition) is 1. The topological polar surface area (TPSA) is 41.1 Å². The molecule has 2 rings (SSSR count). The summed E-state index contributed by atoms with van der Waals surface area (Å²) in [6.07, 6.45) is 2.63. The van der Waals surface area contributed by atoms with Crippen molar-refractivity contribution in [2.45, 2.75) is 53.1 Å². The van der Waals surface area contributed by atoms with Crippen LogP contribution in [-0.4, -0.2) is 34.0 Å². The molecule has 1 aromatic rings. The fraction of sp³-hybridized carbons (Fsp3) is 0.733. The third-order valence-corrected chi connectivity index (χ3v) is 3.85. The average Bonchev–Trinajstić information content (AvgIpc) is 2.33. The predicted molar refractivity (Wildman–Crippen MR) is 79.2 cm³/mol. The minimum Gasteiger partial charge on any atom is -0.370 e. The number of nitrogens with one attached hydrogen (secondary N) is 1. The summed E-state index contributed by atoms with van der Waals surface area (Å²) in [6.45, 7) is 11.7. The number of aryl methyl sites for hydroxylation is 1. The lowest BCUT2D eigenvalue weighted by Crippen LogP contribution is -2.40. The van der Waals surface area contributed by atoms with Gasteiger partial charge in [0.25, 0.3) is 0 Å². The highest BCUT2D eigenvalue weighted by Gasteiger charge is 2.23. The Morgan fingerprint density at radius 1 is 1.32 bits per heavy atom. The Kier molecular flexibility index (Phi) is 4.75. The van der Waals surface area contributed by atoms with Gasteiger partial charge in [-0.3, -0.25) is 4.90 Å². The smallest absolute Gasteiger partial charge is 0.144 e. The minimum atomic E-state index is 0.642. The fourth-order valence-electron chi connectivity index (χ4n) is 2.75. The molecule has 2 heterocycles. The van der Waals surface area contributed by atoms with Gasteiger partial charge in [0, 0.05) is 30.9 Å². The maximum Gasteiger partial charge on any atom is 0.144 e. The second-order valence-electron chi connectivity index (χ2n) is 5.80. The molecule has 1 aromatic heterocycles. The molecule has 2 unspecified atom stereocenters. The zero-order valence-corrected chi connectivity index (χ0v) is 12.6. The van der Waals surface area contributed by atoms with E-state index < -0.39 is 0 Å². The number of piperidine rings is 1. The molecule has 1 aliphatic heterocycles. The summed E-state index contributed by atoms with van der Waals surface area (Å²) in [5, 5.41) is 3.28. The minimum absolute atomic E-state index is 0.642. The highest BCUT2D eigenvalue weighted by molar-refractivity contribution is 5.35. The number of likely N-dealkylation sites (tertiary alicyclic amines) is 1. The van der Waals surface area contributed by atoms with E-state index in [2.05, 4.69) is 41.0 Å². The maximum atomic E-state index is 4.61. The standard InChI is InChI=1S/C15H26N4/c1-5-16-14-8-12(3)17-15(18-14)10-19-9-11(2)6-7-13(19)4/h8,11,13H,5-7,9-10H2,1-4H3,(H,16,17,18). The lowest BCUT2D eigenvalue weighted by molar-refractivity contribution is 0.114. The summed E-state index contributed by atoms with van der Waals surface area (Å²) in [7, 11) is 0. The Hall–Kier alpha value is -1.16. The van der Waals surface area contributed by atoms with Crippen molar-refractivity contribution in [1.29, 1.82) is 0 Å². The van der Waals surface area contributed by atoms with Gasteiger partial charge in [0.2, 0.25) is 0 Å². The first kappa shape index (κ1) is 14.3. The van der Waals surface area contributed by atoms with E-state index in [1.165, 1.54) is 12.8 Å². The van der Waals surface area contributed by atoms with E-state index in [9.17, 15) is 0 Å². The summed E-state index contributed by atoms with van der Waals surface area (Å²) in [4.78, 5) is 11.7. The van der Waals surface area contributed by atoms with Crippen molar-refractivity contribution in [3.63, 3.8) is 0 Å². The van der Waals surface area contributed by atoms with Gasteiger partial charge in [0.15, 0.2) is 0 Å². The van der Waals surface area contributed by atoms with Crippen LogP contribution < -0.4 is 5.32 Å². The Balaban J connectivity index is 2.09. The average molecular weight is 262 g/mol. The van der Waals surface area contributed by atoms with Crippen molar-refractivity contribution in [3.05, 3.63) is 17.6 Å². The number of hydrogen-bond acceptors (Lipinski definition) is 4. The molecule has 0 aromatic carbocycles. The van der Waals surface area contributed by atoms with E-state index >= 15 is 0 Å². The van der Waals surface area contributed by atoms with Crippen LogP contribution in [0.2, 0.25) is 0 Å². The van der Waals surface area contributed by atoms with Crippen molar-refractivity contribution in [1.82, 2.24) is 14.9 Å². The molecule has 1 N–H and O–H groups in total. The van der Waals surface area contributed by atoms with Crippen molar-refractivity contribution in [2.75, 3.05) is 18.4 Å². The highest BCUT2D eigenvalue weighted by atomic mass is 15.2. The Morgan fingerprint density at radius 3 is 2.84 bits per heavy atom. The molecule has 4 heteroatoms. The van der Waals surface area contributed by atoms with Gasteiger partial charge in [-0.1, -0.05) is 6.92 Å². The van der Waals surface area contributed by atoms with Crippen LogP contribution in [0.1, 0.15) is 45.1 Å². The highest BCUT2D eigenvalue weighted by Crippen LogP contribution is 2.22. The maximum absolute atomic E-state index is 4.61. The zero-order valence-electron chi connectivity index (χ0n) is 12.6. The van der Waals surface area contributed by atoms with Gasteiger partial charge in [-0.25, -0.2) is 9.97 Å². The molecule has 106 valence electrons. The quantitative estimate of drug-likeness (QED) is 0.906. The van der Waals surface area contributed by atoms with Gasteiger partial charge in [-0.15, -0.1) is 0 Å². The molecule has 0 bridgehead atoms. The molecule has 2 atom stereocenters. The Morgan fingerprint density at radius 2 is 2.11 bits per heavy atom. The van der Waals surface area contributed by atoms with Crippen LogP contribution in [0, 0.1) is 12.8 Å². The van der Waals surface area contributed by atoms with Gasteiger partial charge in [-0.05, 0) is 39.5 Å². The van der Waals surface area contributed by atoms with Gasteiger partial charge in [0.05, 0.1) is 6.54 Å². The summed E-state index contributed by atoms with van der Waals surface area (Å²) in [5.41, 5.74) is 1.04. The van der Waals surface area contributed by atoms with Crippen LogP contribution in [0.3, 0.4) is 0 Å². The first-order chi connectivity index (χ1) is 9.08. The molecule has 1 saturated heterocycles. The van der Waals surface area contributed by atoms with Crippen LogP contribution in [0.5, 0.6) is 0 Å². The molecule has 1 fully saturated rings. The van der Waals surface area contributed by atoms with Gasteiger partial charge in [0.1, 0.15) is 11.6 Å². The molecular formula is C15H26N4. The van der Waals surface area contributed by atoms with Crippen molar-refractivity contribution >= 4 is 5.82 Å². The molecule has 0 spiro atoms. The first-order valence-corrected chi connectivity index (χ1v) is 7.41. The number of anilines is 1. The van der Waals surface area contributed by atoms with Crippen LogP contribution in [-0.2, 0) is 6.54 Å². The van der Waals surface area contributed by atoms with Crippen LogP contribution in [0.15, 0.2) is 6.07 Å². The molecule has 0 aliphatic carbocycles. The van der Waals surface area contributed by atoms with Crippen LogP contribution >= 0.6 is 0 Å². The molecule has 4 nitrogen and oxygen atoms in total. The second kappa shape index (κ2) is 6.33. The summed E-state index contributed by atoms with van der Waals surface area (Å²) in [6, 6.07) is 2.65. The summed E-state index contributed by atoms with van der Waals surface area (Å²) in [5.74, 6) is 2.67. The Bertz CT molecular complexity index is 419. The largest absolute Gasteiger partial charge is 0.370 e. The lowest BCUT2D eigenvalue weighted by Gasteiger charge is -2.36. The van der Waals surface area contributed by atoms with Gasteiger partial charge >= 0.3 is 0 Å². The molecule has 1 aliphatic rings. The fourth-order valence-corrected chi connectivity index (χ4v) is 2.75. The molecule has 0 saturated carbocycles. The van der Waals surface area contributed by atoms with Crippen molar-refractivity contribution in [2.24, 2.45) is 5.92 Å². The second-order valence-corrected chi connectivity index (χ2v) is 5.80. The predicted octanol–water partition coefficient (Wildman–Crippen LogP) is 2.84. The van der Waals surface area contributed by atoms with Gasteiger partial charge < -0.3 is 5.32 Å². The molecule has 0 radical (unpaired) electrons. The van der Waals surface area contributed by atoms with E-state index in [4.69, 9.17) is 0 Å². The number of aromatic nitrogens is 2. The molecule has 19 heavy (non-hydrogen) atoms. The normalized spacial score (nSPS) is 24.4. The number of nitrogens with zero attached hydrogens (tertiary/aromatic N) is 3. The Labute approximate surface area is 116 Å². The number of rotatable bonds is 4. The molecular weight excluding hydrogens is 236 g/mol. The third-order valence-electron chi connectivity index (χ3n) is 3.85. The van der Waals surface area contributed by atoms with Crippen molar-refractivity contribution < 1.29 is 0 Å². The van der Waals surface area contributed by atoms with E-state index in [-0.39, 0.29) is 0 Å². The van der Waals surface area contributed by atoms with E-state index in [1.54, 1.807) is 0 Å². The monoisotopic (exact) mass is 262 g/mol. The lowest BCUT2D eigenvalue weighted by atomic mass is 9.95. The van der Waals surface area contributed by atoms with Gasteiger partial charge in [-0.2, -0.15) is 0 Å². The van der Waals surface area contributed by atoms with E-state index in [1.807, 2.05) is 13.0 Å².